The molecule has 0 radical (unpaired) electrons. The summed E-state index contributed by atoms with van der Waals surface area (Å²) in [6.45, 7) is 8.20. The minimum atomic E-state index is 0.375. The number of nitrogens with one attached hydrogen (secondary N) is 1. The molecule has 0 amide bonds. The van der Waals surface area contributed by atoms with Crippen LogP contribution >= 0.6 is 11.3 Å². The monoisotopic (exact) mass is 366 g/mol. The van der Waals surface area contributed by atoms with Crippen molar-refractivity contribution in [3.63, 3.8) is 0 Å². The highest BCUT2D eigenvalue weighted by Gasteiger charge is 2.17. The second-order valence-corrected chi connectivity index (χ2v) is 7.00. The van der Waals surface area contributed by atoms with Gasteiger partial charge in [0, 0.05) is 30.7 Å². The van der Waals surface area contributed by atoms with E-state index in [2.05, 4.69) is 64.8 Å². The van der Waals surface area contributed by atoms with Gasteiger partial charge in [-0.3, -0.25) is 9.88 Å². The number of benzene rings is 1. The lowest BCUT2D eigenvalue weighted by molar-refractivity contribution is 0.213. The van der Waals surface area contributed by atoms with Crippen LogP contribution in [0.15, 0.2) is 60.1 Å². The first-order valence-corrected chi connectivity index (χ1v) is 10.0. The third-order valence-corrected chi connectivity index (χ3v) is 5.43. The van der Waals surface area contributed by atoms with E-state index in [4.69, 9.17) is 4.98 Å². The number of pyridine rings is 1. The Hall–Kier alpha value is -2.08. The van der Waals surface area contributed by atoms with Crippen LogP contribution in [-0.2, 0) is 6.54 Å². The Morgan fingerprint density at radius 3 is 2.50 bits per heavy atom. The lowest BCUT2D eigenvalue weighted by Gasteiger charge is -2.30. The standard InChI is InChI=1S/C21H26N4S/c1-3-25(4-2)20(17-10-6-5-7-11-17)15-22-14-18-16-26-21(24-18)19-12-8-9-13-23-19/h5-13,16,20,22H,3-4,14-15H2,1-2H3. The molecule has 0 saturated heterocycles. The number of thiazole rings is 1. The van der Waals surface area contributed by atoms with E-state index in [9.17, 15) is 0 Å². The Morgan fingerprint density at radius 2 is 1.81 bits per heavy atom. The van der Waals surface area contributed by atoms with Gasteiger partial charge in [0.15, 0.2) is 0 Å². The fourth-order valence-electron chi connectivity index (χ4n) is 3.13. The first-order valence-electron chi connectivity index (χ1n) is 9.17. The van der Waals surface area contributed by atoms with Crippen LogP contribution in [-0.4, -0.2) is 34.5 Å². The third kappa shape index (κ3) is 4.75. The molecule has 3 rings (SSSR count). The zero-order valence-corrected chi connectivity index (χ0v) is 16.2. The average Bonchev–Trinajstić information content (AvgIpc) is 3.18. The van der Waals surface area contributed by atoms with Crippen molar-refractivity contribution in [2.45, 2.75) is 26.4 Å². The molecule has 0 fully saturated rings. The summed E-state index contributed by atoms with van der Waals surface area (Å²) in [7, 11) is 0. The molecule has 1 aromatic carbocycles. The second-order valence-electron chi connectivity index (χ2n) is 6.14. The van der Waals surface area contributed by atoms with Crippen LogP contribution in [0.3, 0.4) is 0 Å². The molecule has 2 heterocycles. The molecule has 0 spiro atoms. The molecule has 1 unspecified atom stereocenters. The van der Waals surface area contributed by atoms with E-state index >= 15 is 0 Å². The number of likely N-dealkylation sites (N-methyl/N-ethyl adjacent to an activating group) is 1. The second kappa shape index (κ2) is 9.57. The number of nitrogens with zero attached hydrogens (tertiary/aromatic N) is 3. The Labute approximate surface area is 159 Å². The highest BCUT2D eigenvalue weighted by Crippen LogP contribution is 2.22. The topological polar surface area (TPSA) is 41.0 Å². The maximum atomic E-state index is 4.72. The molecule has 0 aliphatic carbocycles. The summed E-state index contributed by atoms with van der Waals surface area (Å²) in [6.07, 6.45) is 1.81. The fraction of sp³-hybridized carbons (Fsp3) is 0.333. The van der Waals surface area contributed by atoms with Crippen molar-refractivity contribution in [1.29, 1.82) is 0 Å². The van der Waals surface area contributed by atoms with E-state index in [1.54, 1.807) is 11.3 Å². The largest absolute Gasteiger partial charge is 0.309 e. The Balaban J connectivity index is 1.62. The highest BCUT2D eigenvalue weighted by atomic mass is 32.1. The van der Waals surface area contributed by atoms with E-state index in [1.807, 2.05) is 24.4 Å². The number of aromatic nitrogens is 2. The van der Waals surface area contributed by atoms with Crippen LogP contribution in [0.2, 0.25) is 0 Å². The first-order chi connectivity index (χ1) is 12.8. The van der Waals surface area contributed by atoms with Crippen LogP contribution in [0.4, 0.5) is 0 Å². The van der Waals surface area contributed by atoms with E-state index in [0.29, 0.717) is 6.04 Å². The minimum Gasteiger partial charge on any atom is -0.309 e. The van der Waals surface area contributed by atoms with E-state index in [0.717, 1.165) is 42.6 Å². The number of hydrogen-bond acceptors (Lipinski definition) is 5. The normalized spacial score (nSPS) is 12.4. The lowest BCUT2D eigenvalue weighted by atomic mass is 10.1. The molecule has 0 bridgehead atoms. The Morgan fingerprint density at radius 1 is 1.04 bits per heavy atom. The van der Waals surface area contributed by atoms with Gasteiger partial charge in [0.1, 0.15) is 5.01 Å². The molecule has 0 aliphatic heterocycles. The molecule has 1 N–H and O–H groups in total. The number of hydrogen-bond donors (Lipinski definition) is 1. The van der Waals surface area contributed by atoms with Crippen LogP contribution in [0.5, 0.6) is 0 Å². The van der Waals surface area contributed by atoms with Gasteiger partial charge in [-0.05, 0) is 30.8 Å². The fourth-order valence-corrected chi connectivity index (χ4v) is 3.92. The van der Waals surface area contributed by atoms with Crippen molar-refractivity contribution in [3.8, 4) is 10.7 Å². The van der Waals surface area contributed by atoms with Gasteiger partial charge in [-0.2, -0.15) is 0 Å². The van der Waals surface area contributed by atoms with Crippen LogP contribution < -0.4 is 5.32 Å². The van der Waals surface area contributed by atoms with Gasteiger partial charge in [0.25, 0.3) is 0 Å². The smallest absolute Gasteiger partial charge is 0.142 e. The molecule has 136 valence electrons. The molecule has 5 heteroatoms. The van der Waals surface area contributed by atoms with E-state index in [-0.39, 0.29) is 0 Å². The first kappa shape index (κ1) is 18.7. The van der Waals surface area contributed by atoms with Crippen molar-refractivity contribution in [2.75, 3.05) is 19.6 Å². The quantitative estimate of drug-likeness (QED) is 0.610. The molecule has 2 aromatic heterocycles. The predicted octanol–water partition coefficient (Wildman–Crippen LogP) is 4.38. The highest BCUT2D eigenvalue weighted by molar-refractivity contribution is 7.13. The van der Waals surface area contributed by atoms with E-state index in [1.165, 1.54) is 5.56 Å². The minimum absolute atomic E-state index is 0.375. The van der Waals surface area contributed by atoms with Gasteiger partial charge in [-0.25, -0.2) is 4.98 Å². The van der Waals surface area contributed by atoms with Gasteiger partial charge in [0.05, 0.1) is 11.4 Å². The van der Waals surface area contributed by atoms with Crippen molar-refractivity contribution < 1.29 is 0 Å². The average molecular weight is 367 g/mol. The zero-order valence-electron chi connectivity index (χ0n) is 15.4. The van der Waals surface area contributed by atoms with Crippen LogP contribution in [0.25, 0.3) is 10.7 Å². The molecule has 0 aliphatic rings. The van der Waals surface area contributed by atoms with Gasteiger partial charge in [0.2, 0.25) is 0 Å². The third-order valence-electron chi connectivity index (χ3n) is 4.52. The van der Waals surface area contributed by atoms with Crippen LogP contribution in [0.1, 0.15) is 31.1 Å². The van der Waals surface area contributed by atoms with Crippen molar-refractivity contribution in [2.24, 2.45) is 0 Å². The van der Waals surface area contributed by atoms with Crippen molar-refractivity contribution in [3.05, 3.63) is 71.4 Å². The van der Waals surface area contributed by atoms with E-state index < -0.39 is 0 Å². The van der Waals surface area contributed by atoms with Gasteiger partial charge >= 0.3 is 0 Å². The summed E-state index contributed by atoms with van der Waals surface area (Å²) in [5.41, 5.74) is 3.37. The summed E-state index contributed by atoms with van der Waals surface area (Å²) in [5.74, 6) is 0. The summed E-state index contributed by atoms with van der Waals surface area (Å²) in [4.78, 5) is 11.6. The number of rotatable bonds is 9. The van der Waals surface area contributed by atoms with Crippen molar-refractivity contribution in [1.82, 2.24) is 20.2 Å². The molecular formula is C21H26N4S. The SMILES string of the molecule is CCN(CC)C(CNCc1csc(-c2ccccn2)n1)c1ccccc1. The van der Waals surface area contributed by atoms with Gasteiger partial charge in [-0.1, -0.05) is 50.2 Å². The predicted molar refractivity (Wildman–Crippen MR) is 109 cm³/mol. The summed E-state index contributed by atoms with van der Waals surface area (Å²) in [5, 5.41) is 6.69. The van der Waals surface area contributed by atoms with Gasteiger partial charge < -0.3 is 5.32 Å². The molecule has 1 atom stereocenters. The Kier molecular flexibility index (Phi) is 6.89. The molecule has 26 heavy (non-hydrogen) atoms. The summed E-state index contributed by atoms with van der Waals surface area (Å²) in [6, 6.07) is 17.0. The van der Waals surface area contributed by atoms with Crippen molar-refractivity contribution >= 4 is 11.3 Å². The molecular weight excluding hydrogens is 340 g/mol. The Bertz CT molecular complexity index is 769. The summed E-state index contributed by atoms with van der Waals surface area (Å²) >= 11 is 1.65. The molecule has 4 nitrogen and oxygen atoms in total. The summed E-state index contributed by atoms with van der Waals surface area (Å²) < 4.78 is 0. The van der Waals surface area contributed by atoms with Crippen LogP contribution in [0, 0.1) is 0 Å². The maximum Gasteiger partial charge on any atom is 0.142 e. The zero-order chi connectivity index (χ0) is 18.2. The molecule has 3 aromatic rings. The maximum absolute atomic E-state index is 4.72. The van der Waals surface area contributed by atoms with Gasteiger partial charge in [-0.15, -0.1) is 11.3 Å². The molecule has 0 saturated carbocycles. The lowest BCUT2D eigenvalue weighted by Crippen LogP contribution is -2.35.